The Morgan fingerprint density at radius 1 is 1.26 bits per heavy atom. The van der Waals surface area contributed by atoms with Crippen molar-refractivity contribution in [2.45, 2.75) is 6.92 Å². The number of nitrogen functional groups attached to an aromatic ring is 1. The molecule has 0 fully saturated rings. The Balaban J connectivity index is 2.31. The van der Waals surface area contributed by atoms with Gasteiger partial charge in [0.25, 0.3) is 0 Å². The maximum atomic E-state index is 8.78. The van der Waals surface area contributed by atoms with Crippen LogP contribution in [-0.2, 0) is 0 Å². The second kappa shape index (κ2) is 5.52. The third-order valence-corrected chi connectivity index (χ3v) is 2.66. The highest BCUT2D eigenvalue weighted by atomic mass is 35.5. The normalized spacial score (nSPS) is 9.79. The number of aryl methyl sites for hydroxylation is 1. The van der Waals surface area contributed by atoms with Crippen molar-refractivity contribution in [1.29, 1.82) is 5.26 Å². The van der Waals surface area contributed by atoms with Crippen molar-refractivity contribution in [3.8, 4) is 6.07 Å². The van der Waals surface area contributed by atoms with E-state index in [9.17, 15) is 0 Å². The molecule has 0 unspecified atom stereocenters. The van der Waals surface area contributed by atoms with Gasteiger partial charge in [0.1, 0.15) is 17.5 Å². The van der Waals surface area contributed by atoms with E-state index in [1.165, 1.54) is 0 Å². The molecule has 1 heterocycles. The summed E-state index contributed by atoms with van der Waals surface area (Å²) in [6, 6.07) is 8.65. The van der Waals surface area contributed by atoms with Crippen molar-refractivity contribution in [2.75, 3.05) is 10.7 Å². The van der Waals surface area contributed by atoms with Crippen molar-refractivity contribution in [2.24, 2.45) is 5.84 Å². The topological polar surface area (TPSA) is 99.6 Å². The van der Waals surface area contributed by atoms with Gasteiger partial charge < -0.3 is 10.7 Å². The zero-order valence-electron chi connectivity index (χ0n) is 10.1. The van der Waals surface area contributed by atoms with Gasteiger partial charge in [-0.3, -0.25) is 0 Å². The van der Waals surface area contributed by atoms with Crippen LogP contribution < -0.4 is 16.6 Å². The summed E-state index contributed by atoms with van der Waals surface area (Å²) < 4.78 is 0. The van der Waals surface area contributed by atoms with Gasteiger partial charge in [0.05, 0.1) is 22.3 Å². The highest BCUT2D eigenvalue weighted by Gasteiger charge is 2.05. The van der Waals surface area contributed by atoms with E-state index in [0.29, 0.717) is 33.7 Å². The molecule has 1 aromatic heterocycles. The fraction of sp³-hybridized carbons (Fsp3) is 0.0833. The first-order chi connectivity index (χ1) is 9.12. The molecule has 0 aliphatic carbocycles. The highest BCUT2D eigenvalue weighted by Crippen LogP contribution is 2.26. The number of benzene rings is 1. The summed E-state index contributed by atoms with van der Waals surface area (Å²) in [6.45, 7) is 1.76. The number of nitrogens with one attached hydrogen (secondary N) is 2. The van der Waals surface area contributed by atoms with Crippen LogP contribution in [0.1, 0.15) is 11.4 Å². The Morgan fingerprint density at radius 2 is 2.00 bits per heavy atom. The van der Waals surface area contributed by atoms with Gasteiger partial charge in [0.15, 0.2) is 0 Å². The van der Waals surface area contributed by atoms with E-state index in [2.05, 4.69) is 20.7 Å². The molecule has 1 aromatic carbocycles. The standard InChI is InChI=1S/C12H11ClN6/c1-7-16-11(5-12(17-7)19-15)18-10-3-2-8(6-14)4-9(10)13/h2-5H,15H2,1H3,(H2,16,17,18,19). The van der Waals surface area contributed by atoms with Crippen LogP contribution in [0.25, 0.3) is 0 Å². The van der Waals surface area contributed by atoms with Gasteiger partial charge in [0.2, 0.25) is 0 Å². The number of halogens is 1. The van der Waals surface area contributed by atoms with Crippen LogP contribution in [0.4, 0.5) is 17.3 Å². The van der Waals surface area contributed by atoms with Crippen LogP contribution in [0.15, 0.2) is 24.3 Å². The number of anilines is 3. The lowest BCUT2D eigenvalue weighted by Crippen LogP contribution is -2.10. The lowest BCUT2D eigenvalue weighted by molar-refractivity contribution is 1.05. The number of hydrazine groups is 1. The van der Waals surface area contributed by atoms with E-state index in [4.69, 9.17) is 22.7 Å². The third kappa shape index (κ3) is 3.10. The fourth-order valence-electron chi connectivity index (χ4n) is 1.53. The molecular formula is C12H11ClN6. The first-order valence-corrected chi connectivity index (χ1v) is 5.79. The number of nitriles is 1. The zero-order valence-corrected chi connectivity index (χ0v) is 10.9. The van der Waals surface area contributed by atoms with E-state index in [-0.39, 0.29) is 0 Å². The summed E-state index contributed by atoms with van der Waals surface area (Å²) in [7, 11) is 0. The Hall–Kier alpha value is -2.36. The molecule has 2 aromatic rings. The SMILES string of the molecule is Cc1nc(NN)cc(Nc2ccc(C#N)cc2Cl)n1. The van der Waals surface area contributed by atoms with Gasteiger partial charge in [-0.1, -0.05) is 11.6 Å². The van der Waals surface area contributed by atoms with Crippen LogP contribution in [0.3, 0.4) is 0 Å². The molecule has 19 heavy (non-hydrogen) atoms. The van der Waals surface area contributed by atoms with E-state index < -0.39 is 0 Å². The largest absolute Gasteiger partial charge is 0.339 e. The van der Waals surface area contributed by atoms with Crippen molar-refractivity contribution < 1.29 is 0 Å². The first-order valence-electron chi connectivity index (χ1n) is 5.41. The van der Waals surface area contributed by atoms with Gasteiger partial charge in [-0.15, -0.1) is 0 Å². The van der Waals surface area contributed by atoms with Crippen LogP contribution in [0.5, 0.6) is 0 Å². The van der Waals surface area contributed by atoms with Crippen LogP contribution >= 0.6 is 11.6 Å². The summed E-state index contributed by atoms with van der Waals surface area (Å²) in [4.78, 5) is 8.30. The van der Waals surface area contributed by atoms with Crippen LogP contribution in [-0.4, -0.2) is 9.97 Å². The molecule has 0 saturated heterocycles. The molecule has 96 valence electrons. The average molecular weight is 275 g/mol. The molecular weight excluding hydrogens is 264 g/mol. The van der Waals surface area contributed by atoms with E-state index in [0.717, 1.165) is 0 Å². The number of nitrogens with zero attached hydrogens (tertiary/aromatic N) is 3. The van der Waals surface area contributed by atoms with Gasteiger partial charge >= 0.3 is 0 Å². The van der Waals surface area contributed by atoms with E-state index >= 15 is 0 Å². The van der Waals surface area contributed by atoms with Crippen molar-refractivity contribution in [3.05, 3.63) is 40.7 Å². The molecule has 7 heteroatoms. The highest BCUT2D eigenvalue weighted by molar-refractivity contribution is 6.33. The second-order valence-electron chi connectivity index (χ2n) is 3.76. The van der Waals surface area contributed by atoms with E-state index in [1.807, 2.05) is 6.07 Å². The maximum Gasteiger partial charge on any atom is 0.145 e. The molecule has 0 aliphatic rings. The Labute approximate surface area is 115 Å². The number of hydrogen-bond donors (Lipinski definition) is 3. The number of hydrogen-bond acceptors (Lipinski definition) is 6. The quantitative estimate of drug-likeness (QED) is 0.587. The predicted molar refractivity (Wildman–Crippen MR) is 74.0 cm³/mol. The summed E-state index contributed by atoms with van der Waals surface area (Å²) >= 11 is 6.07. The second-order valence-corrected chi connectivity index (χ2v) is 4.17. The molecule has 0 bridgehead atoms. The fourth-order valence-corrected chi connectivity index (χ4v) is 1.76. The van der Waals surface area contributed by atoms with Crippen molar-refractivity contribution in [3.63, 3.8) is 0 Å². The molecule has 0 spiro atoms. The number of aromatic nitrogens is 2. The van der Waals surface area contributed by atoms with Crippen LogP contribution in [0, 0.1) is 18.3 Å². The molecule has 4 N–H and O–H groups in total. The minimum absolute atomic E-state index is 0.442. The molecule has 0 saturated carbocycles. The van der Waals surface area contributed by atoms with Crippen molar-refractivity contribution in [1.82, 2.24) is 9.97 Å². The smallest absolute Gasteiger partial charge is 0.145 e. The predicted octanol–water partition coefficient (Wildman–Crippen LogP) is 2.34. The van der Waals surface area contributed by atoms with Crippen molar-refractivity contribution >= 4 is 28.9 Å². The minimum atomic E-state index is 0.442. The third-order valence-electron chi connectivity index (χ3n) is 2.35. The molecule has 0 radical (unpaired) electrons. The lowest BCUT2D eigenvalue weighted by Gasteiger charge is -2.09. The molecule has 2 rings (SSSR count). The number of nitrogens with two attached hydrogens (primary N) is 1. The van der Waals surface area contributed by atoms with Crippen LogP contribution in [0.2, 0.25) is 5.02 Å². The summed E-state index contributed by atoms with van der Waals surface area (Å²) in [5.74, 6) is 6.95. The molecule has 6 nitrogen and oxygen atoms in total. The summed E-state index contributed by atoms with van der Waals surface area (Å²) in [5, 5.41) is 12.3. The monoisotopic (exact) mass is 274 g/mol. The number of rotatable bonds is 3. The van der Waals surface area contributed by atoms with Gasteiger partial charge in [-0.2, -0.15) is 5.26 Å². The molecule has 0 aliphatic heterocycles. The van der Waals surface area contributed by atoms with Gasteiger partial charge in [-0.25, -0.2) is 15.8 Å². The van der Waals surface area contributed by atoms with E-state index in [1.54, 1.807) is 31.2 Å². The summed E-state index contributed by atoms with van der Waals surface area (Å²) in [5.41, 5.74) is 3.61. The molecule has 0 amide bonds. The minimum Gasteiger partial charge on any atom is -0.339 e. The Kier molecular flexibility index (Phi) is 3.80. The zero-order chi connectivity index (χ0) is 13.8. The Bertz CT molecular complexity index is 649. The summed E-state index contributed by atoms with van der Waals surface area (Å²) in [6.07, 6.45) is 0. The lowest BCUT2D eigenvalue weighted by atomic mass is 10.2. The van der Waals surface area contributed by atoms with Gasteiger partial charge in [0, 0.05) is 6.07 Å². The maximum absolute atomic E-state index is 8.78. The van der Waals surface area contributed by atoms with Gasteiger partial charge in [-0.05, 0) is 25.1 Å². The first kappa shape index (κ1) is 13.1. The average Bonchev–Trinajstić information content (AvgIpc) is 2.40. The molecule has 0 atom stereocenters. The Morgan fingerprint density at radius 3 is 2.63 bits per heavy atom.